The fraction of sp³-hybridized carbons (Fsp3) is 0.105. The molecule has 0 aliphatic carbocycles. The molecule has 1 aromatic heterocycles. The van der Waals surface area contributed by atoms with Crippen LogP contribution < -0.4 is 14.8 Å². The van der Waals surface area contributed by atoms with E-state index in [0.717, 1.165) is 12.1 Å². The van der Waals surface area contributed by atoms with Gasteiger partial charge in [-0.05, 0) is 54.6 Å². The zero-order valence-electron chi connectivity index (χ0n) is 14.9. The Morgan fingerprint density at radius 3 is 2.55 bits per heavy atom. The predicted octanol–water partition coefficient (Wildman–Crippen LogP) is 3.57. The van der Waals surface area contributed by atoms with Crippen LogP contribution in [0.15, 0.2) is 70.2 Å². The van der Waals surface area contributed by atoms with Crippen LogP contribution in [0.2, 0.25) is 5.02 Å². The minimum Gasteiger partial charge on any atom is -0.482 e. The number of halogens is 2. The topological polar surface area (TPSA) is 97.6 Å². The van der Waals surface area contributed by atoms with Crippen molar-refractivity contribution in [2.75, 3.05) is 11.3 Å². The van der Waals surface area contributed by atoms with E-state index in [4.69, 9.17) is 20.8 Å². The number of amides is 1. The first-order valence-electron chi connectivity index (χ1n) is 8.33. The molecule has 29 heavy (non-hydrogen) atoms. The van der Waals surface area contributed by atoms with E-state index < -0.39 is 21.7 Å². The number of sulfonamides is 1. The maximum absolute atomic E-state index is 12.9. The van der Waals surface area contributed by atoms with E-state index in [1.165, 1.54) is 36.6 Å². The third-order valence-electron chi connectivity index (χ3n) is 3.71. The van der Waals surface area contributed by atoms with Crippen LogP contribution in [0.25, 0.3) is 0 Å². The Bertz CT molecular complexity index is 1090. The Hall–Kier alpha value is -3.04. The van der Waals surface area contributed by atoms with Crippen molar-refractivity contribution >= 4 is 33.2 Å². The Balaban J connectivity index is 1.60. The molecule has 3 rings (SSSR count). The summed E-state index contributed by atoms with van der Waals surface area (Å²) in [6, 6.07) is 12.1. The van der Waals surface area contributed by atoms with Gasteiger partial charge in [0.2, 0.25) is 0 Å². The van der Waals surface area contributed by atoms with Crippen molar-refractivity contribution in [1.29, 1.82) is 0 Å². The summed E-state index contributed by atoms with van der Waals surface area (Å²) in [6.45, 7) is -0.0878. The highest BCUT2D eigenvalue weighted by Crippen LogP contribution is 2.28. The molecule has 152 valence electrons. The van der Waals surface area contributed by atoms with E-state index in [2.05, 4.69) is 10.0 Å². The van der Waals surface area contributed by atoms with Gasteiger partial charge in [-0.1, -0.05) is 11.6 Å². The maximum Gasteiger partial charge on any atom is 0.261 e. The number of rotatable bonds is 8. The van der Waals surface area contributed by atoms with E-state index in [1.807, 2.05) is 0 Å². The molecule has 0 aliphatic heterocycles. The quantitative estimate of drug-likeness (QED) is 0.560. The third-order valence-corrected chi connectivity index (χ3v) is 5.38. The van der Waals surface area contributed by atoms with Gasteiger partial charge in [-0.15, -0.1) is 0 Å². The van der Waals surface area contributed by atoms with Crippen LogP contribution in [-0.4, -0.2) is 20.9 Å². The van der Waals surface area contributed by atoms with Crippen molar-refractivity contribution in [2.45, 2.75) is 11.4 Å². The van der Waals surface area contributed by atoms with Crippen LogP contribution >= 0.6 is 11.6 Å². The summed E-state index contributed by atoms with van der Waals surface area (Å²) in [6.07, 6.45) is 1.50. The van der Waals surface area contributed by atoms with Crippen LogP contribution in [0.1, 0.15) is 5.76 Å². The second kappa shape index (κ2) is 8.97. The summed E-state index contributed by atoms with van der Waals surface area (Å²) >= 11 is 6.09. The molecule has 0 saturated heterocycles. The van der Waals surface area contributed by atoms with Gasteiger partial charge in [0.05, 0.1) is 22.7 Å². The third kappa shape index (κ3) is 5.72. The number of carbonyl (C=O) groups is 1. The highest BCUT2D eigenvalue weighted by Gasteiger charge is 2.17. The molecule has 7 nitrogen and oxygen atoms in total. The van der Waals surface area contributed by atoms with Gasteiger partial charge in [0.15, 0.2) is 6.61 Å². The summed E-state index contributed by atoms with van der Waals surface area (Å²) in [5.74, 6) is -0.127. The summed E-state index contributed by atoms with van der Waals surface area (Å²) in [5.41, 5.74) is 0.205. The van der Waals surface area contributed by atoms with Gasteiger partial charge in [-0.2, -0.15) is 0 Å². The monoisotopic (exact) mass is 438 g/mol. The van der Waals surface area contributed by atoms with Gasteiger partial charge >= 0.3 is 0 Å². The number of nitrogens with one attached hydrogen (secondary N) is 2. The van der Waals surface area contributed by atoms with Crippen LogP contribution in [0.5, 0.6) is 5.75 Å². The fourth-order valence-corrected chi connectivity index (χ4v) is 3.68. The molecule has 0 saturated carbocycles. The molecular weight excluding hydrogens is 423 g/mol. The Labute approximate surface area is 171 Å². The summed E-state index contributed by atoms with van der Waals surface area (Å²) < 4.78 is 50.6. The lowest BCUT2D eigenvalue weighted by molar-refractivity contribution is -0.123. The lowest BCUT2D eigenvalue weighted by Gasteiger charge is -2.11. The van der Waals surface area contributed by atoms with E-state index in [0.29, 0.717) is 5.76 Å². The van der Waals surface area contributed by atoms with Crippen LogP contribution in [0.4, 0.5) is 10.1 Å². The van der Waals surface area contributed by atoms with Gasteiger partial charge < -0.3 is 14.5 Å². The van der Waals surface area contributed by atoms with Gasteiger partial charge in [-0.3, -0.25) is 9.52 Å². The Morgan fingerprint density at radius 1 is 1.14 bits per heavy atom. The van der Waals surface area contributed by atoms with E-state index in [-0.39, 0.29) is 34.5 Å². The lowest BCUT2D eigenvalue weighted by atomic mass is 10.3. The van der Waals surface area contributed by atoms with Crippen molar-refractivity contribution in [3.05, 3.63) is 77.5 Å². The first-order valence-corrected chi connectivity index (χ1v) is 10.2. The minimum absolute atomic E-state index is 0.0193. The number of hydrogen-bond donors (Lipinski definition) is 2. The average Bonchev–Trinajstić information content (AvgIpc) is 3.20. The summed E-state index contributed by atoms with van der Waals surface area (Å²) in [7, 11) is -3.93. The van der Waals surface area contributed by atoms with Gasteiger partial charge in [0.25, 0.3) is 15.9 Å². The SMILES string of the molecule is O=C(COc1ccc(S(=O)(=O)Nc2ccc(F)cc2)cc1Cl)NCc1ccco1. The standard InChI is InChI=1S/C19H16ClFN2O5S/c20-17-10-16(29(25,26)23-14-5-3-13(21)4-6-14)7-8-18(17)28-12-19(24)22-11-15-2-1-9-27-15/h1-10,23H,11-12H2,(H,22,24). The Morgan fingerprint density at radius 2 is 1.90 bits per heavy atom. The van der Waals surface area contributed by atoms with Gasteiger partial charge in [-0.25, -0.2) is 12.8 Å². The molecule has 3 aromatic rings. The smallest absolute Gasteiger partial charge is 0.261 e. The molecule has 10 heteroatoms. The van der Waals surface area contributed by atoms with Crippen molar-refractivity contribution in [1.82, 2.24) is 5.32 Å². The zero-order valence-corrected chi connectivity index (χ0v) is 16.5. The molecular formula is C19H16ClFN2O5S. The summed E-state index contributed by atoms with van der Waals surface area (Å²) in [5, 5.41) is 2.63. The predicted molar refractivity (Wildman–Crippen MR) is 105 cm³/mol. The number of ether oxygens (including phenoxy) is 1. The molecule has 0 spiro atoms. The van der Waals surface area contributed by atoms with Crippen molar-refractivity contribution < 1.29 is 26.8 Å². The second-order valence-electron chi connectivity index (χ2n) is 5.85. The molecule has 0 unspecified atom stereocenters. The summed E-state index contributed by atoms with van der Waals surface area (Å²) in [4.78, 5) is 11.7. The van der Waals surface area contributed by atoms with Gasteiger partial charge in [0, 0.05) is 5.69 Å². The van der Waals surface area contributed by atoms with E-state index in [1.54, 1.807) is 12.1 Å². The normalized spacial score (nSPS) is 11.1. The van der Waals surface area contributed by atoms with Gasteiger partial charge in [0.1, 0.15) is 17.3 Å². The zero-order chi connectivity index (χ0) is 20.9. The Kier molecular flexibility index (Phi) is 6.40. The minimum atomic E-state index is -3.93. The highest BCUT2D eigenvalue weighted by atomic mass is 35.5. The maximum atomic E-state index is 12.9. The molecule has 2 aromatic carbocycles. The molecule has 0 bridgehead atoms. The lowest BCUT2D eigenvalue weighted by Crippen LogP contribution is -2.28. The number of furan rings is 1. The molecule has 0 radical (unpaired) electrons. The van der Waals surface area contributed by atoms with Crippen LogP contribution in [0.3, 0.4) is 0 Å². The molecule has 0 fully saturated rings. The first kappa shape index (κ1) is 20.7. The molecule has 1 amide bonds. The number of hydrogen-bond acceptors (Lipinski definition) is 5. The molecule has 1 heterocycles. The molecule has 0 atom stereocenters. The van der Waals surface area contributed by atoms with Crippen LogP contribution in [0, 0.1) is 5.82 Å². The molecule has 2 N–H and O–H groups in total. The fourth-order valence-electron chi connectivity index (χ4n) is 2.29. The second-order valence-corrected chi connectivity index (χ2v) is 7.94. The van der Waals surface area contributed by atoms with Crippen molar-refractivity contribution in [2.24, 2.45) is 0 Å². The average molecular weight is 439 g/mol. The van der Waals surface area contributed by atoms with E-state index >= 15 is 0 Å². The van der Waals surface area contributed by atoms with Crippen molar-refractivity contribution in [3.8, 4) is 5.75 Å². The number of carbonyl (C=O) groups excluding carboxylic acids is 1. The van der Waals surface area contributed by atoms with E-state index in [9.17, 15) is 17.6 Å². The number of anilines is 1. The van der Waals surface area contributed by atoms with Crippen molar-refractivity contribution in [3.63, 3.8) is 0 Å². The highest BCUT2D eigenvalue weighted by molar-refractivity contribution is 7.92. The molecule has 0 aliphatic rings. The first-order chi connectivity index (χ1) is 13.8. The number of benzene rings is 2. The van der Waals surface area contributed by atoms with Crippen LogP contribution in [-0.2, 0) is 21.4 Å². The largest absolute Gasteiger partial charge is 0.482 e.